The highest BCUT2D eigenvalue weighted by molar-refractivity contribution is 8.00. The van der Waals surface area contributed by atoms with E-state index >= 15 is 0 Å². The molecule has 17 heteroatoms. The van der Waals surface area contributed by atoms with Crippen molar-refractivity contribution >= 4 is 11.8 Å². The first kappa shape index (κ1) is 31.3. The first-order valence-corrected chi connectivity index (χ1v) is 15.2. The zero-order valence-corrected chi connectivity index (χ0v) is 24.5. The van der Waals surface area contributed by atoms with E-state index in [0.717, 1.165) is 30.7 Å². The van der Waals surface area contributed by atoms with E-state index in [1.807, 2.05) is 6.20 Å². The largest absolute Gasteiger partial charge is 0.394 e. The average molecular weight is 643 g/mol. The molecule has 0 unspecified atom stereocenters. The van der Waals surface area contributed by atoms with Crippen LogP contribution >= 0.6 is 11.8 Å². The van der Waals surface area contributed by atoms with Crippen LogP contribution < -0.4 is 0 Å². The number of benzene rings is 1. The van der Waals surface area contributed by atoms with Crippen LogP contribution in [0.3, 0.4) is 0 Å². The van der Waals surface area contributed by atoms with Crippen molar-refractivity contribution in [1.29, 1.82) is 0 Å². The molecule has 0 radical (unpaired) electrons. The Morgan fingerprint density at radius 1 is 0.977 bits per heavy atom. The van der Waals surface area contributed by atoms with Crippen molar-refractivity contribution in [2.24, 2.45) is 0 Å². The van der Waals surface area contributed by atoms with Crippen molar-refractivity contribution in [3.8, 4) is 11.3 Å². The van der Waals surface area contributed by atoms with Gasteiger partial charge >= 0.3 is 0 Å². The highest BCUT2D eigenvalue weighted by Gasteiger charge is 2.49. The number of ether oxygens (including phenoxy) is 4. The standard InChI is InChI=1S/C27H33F3N6O7S/c1-40-26-23(36-9-18(32-34-36)14-6-15(28)22(30)16(29)7-14)25(39)20(10-37)43-27(26)44-21-12-42-11-19(24(21)38)35-8-17(31-33-35)13-2-4-41-5-3-13/h6-9,13,19-21,23-27,37-39H,2-5,10-12H2,1H3/t19-,20+,21+,23-,24+,25-,26+,27-/m0/s1. The summed E-state index contributed by atoms with van der Waals surface area (Å²) in [7, 11) is 1.41. The van der Waals surface area contributed by atoms with Gasteiger partial charge in [0.15, 0.2) is 17.5 Å². The Bertz CT molecular complexity index is 1400. The highest BCUT2D eigenvalue weighted by Crippen LogP contribution is 2.41. The summed E-state index contributed by atoms with van der Waals surface area (Å²) < 4.78 is 67.2. The molecule has 3 aromatic rings. The fraction of sp³-hybridized carbons (Fsp3) is 0.630. The molecular weight excluding hydrogens is 609 g/mol. The normalized spacial score (nSPS) is 31.8. The molecule has 5 heterocycles. The third-order valence-electron chi connectivity index (χ3n) is 8.35. The molecule has 0 bridgehead atoms. The first-order chi connectivity index (χ1) is 21.3. The lowest BCUT2D eigenvalue weighted by Crippen LogP contribution is -2.56. The lowest BCUT2D eigenvalue weighted by molar-refractivity contribution is -0.186. The van der Waals surface area contributed by atoms with Crippen LogP contribution in [0.2, 0.25) is 0 Å². The van der Waals surface area contributed by atoms with Gasteiger partial charge in [0.2, 0.25) is 0 Å². The van der Waals surface area contributed by atoms with Gasteiger partial charge in [-0.15, -0.1) is 22.0 Å². The molecule has 13 nitrogen and oxygen atoms in total. The molecule has 3 N–H and O–H groups in total. The Hall–Kier alpha value is -2.64. The quantitative estimate of drug-likeness (QED) is 0.302. The van der Waals surface area contributed by atoms with Gasteiger partial charge in [-0.05, 0) is 25.0 Å². The summed E-state index contributed by atoms with van der Waals surface area (Å²) in [6.45, 7) is 1.20. The van der Waals surface area contributed by atoms with E-state index < -0.39 is 71.2 Å². The lowest BCUT2D eigenvalue weighted by atomic mass is 9.97. The number of nitrogens with zero attached hydrogens (tertiary/aromatic N) is 6. The van der Waals surface area contributed by atoms with Crippen LogP contribution in [0.25, 0.3) is 11.3 Å². The average Bonchev–Trinajstić information content (AvgIpc) is 3.72. The molecule has 3 saturated heterocycles. The Morgan fingerprint density at radius 3 is 2.41 bits per heavy atom. The third-order valence-corrected chi connectivity index (χ3v) is 9.77. The number of aliphatic hydroxyl groups is 3. The summed E-state index contributed by atoms with van der Waals surface area (Å²) in [5.41, 5.74) is -0.0249. The summed E-state index contributed by atoms with van der Waals surface area (Å²) in [6, 6.07) is 0.100. The Morgan fingerprint density at radius 2 is 1.70 bits per heavy atom. The molecule has 6 rings (SSSR count). The molecule has 3 fully saturated rings. The zero-order valence-electron chi connectivity index (χ0n) is 23.7. The van der Waals surface area contributed by atoms with Crippen LogP contribution in [-0.2, 0) is 18.9 Å². The molecule has 3 aliphatic rings. The maximum absolute atomic E-state index is 13.9. The summed E-state index contributed by atoms with van der Waals surface area (Å²) in [5.74, 6) is -4.14. The third kappa shape index (κ3) is 6.11. The number of thioether (sulfide) groups is 1. The fourth-order valence-corrected chi connectivity index (χ4v) is 7.38. The number of hydrogen-bond acceptors (Lipinski definition) is 12. The maximum atomic E-state index is 13.9. The molecule has 240 valence electrons. The summed E-state index contributed by atoms with van der Waals surface area (Å²) in [4.78, 5) is 0. The minimum absolute atomic E-state index is 0.0213. The smallest absolute Gasteiger partial charge is 0.194 e. The number of aromatic nitrogens is 6. The van der Waals surface area contributed by atoms with Gasteiger partial charge in [0, 0.05) is 38.0 Å². The summed E-state index contributed by atoms with van der Waals surface area (Å²) in [6.07, 6.45) is 0.688. The van der Waals surface area contributed by atoms with Crippen LogP contribution in [0, 0.1) is 17.5 Å². The van der Waals surface area contributed by atoms with Crippen molar-refractivity contribution in [2.75, 3.05) is 40.1 Å². The van der Waals surface area contributed by atoms with Crippen molar-refractivity contribution in [3.05, 3.63) is 47.7 Å². The van der Waals surface area contributed by atoms with Gasteiger partial charge in [-0.2, -0.15) is 0 Å². The van der Waals surface area contributed by atoms with Gasteiger partial charge in [0.25, 0.3) is 0 Å². The second-order valence-corrected chi connectivity index (χ2v) is 12.4. The molecule has 0 spiro atoms. The predicted octanol–water partition coefficient (Wildman–Crippen LogP) is 1.22. The van der Waals surface area contributed by atoms with E-state index in [0.29, 0.717) is 13.2 Å². The molecule has 2 aromatic heterocycles. The Balaban J connectivity index is 1.21. The van der Waals surface area contributed by atoms with E-state index in [1.165, 1.54) is 29.8 Å². The maximum Gasteiger partial charge on any atom is 0.194 e. The Labute approximate surface area is 254 Å². The second-order valence-electron chi connectivity index (χ2n) is 11.0. The van der Waals surface area contributed by atoms with Gasteiger partial charge in [-0.1, -0.05) is 10.4 Å². The van der Waals surface area contributed by atoms with Gasteiger partial charge < -0.3 is 34.3 Å². The van der Waals surface area contributed by atoms with Crippen LogP contribution in [0.4, 0.5) is 13.2 Å². The molecule has 1 aromatic carbocycles. The minimum atomic E-state index is -1.61. The predicted molar refractivity (Wildman–Crippen MR) is 147 cm³/mol. The van der Waals surface area contributed by atoms with Gasteiger partial charge in [-0.25, -0.2) is 22.5 Å². The van der Waals surface area contributed by atoms with Crippen molar-refractivity contribution in [3.63, 3.8) is 0 Å². The van der Waals surface area contributed by atoms with E-state index in [2.05, 4.69) is 20.6 Å². The van der Waals surface area contributed by atoms with Gasteiger partial charge in [0.05, 0.1) is 43.1 Å². The number of aliphatic hydroxyl groups excluding tert-OH is 3. The minimum Gasteiger partial charge on any atom is -0.394 e. The molecule has 44 heavy (non-hydrogen) atoms. The van der Waals surface area contributed by atoms with Crippen molar-refractivity contribution < 1.29 is 47.4 Å². The SMILES string of the molecule is CO[C@@H]1[C@@H](n2cc(-c3cc(F)c(F)c(F)c3)nn2)[C@@H](O)[C@@H](CO)O[C@H]1S[C@@H]1COC[C@H](n2cc(C3CCOCC3)nn2)[C@H]1O. The molecule has 0 saturated carbocycles. The lowest BCUT2D eigenvalue weighted by Gasteiger charge is -2.45. The summed E-state index contributed by atoms with van der Waals surface area (Å²) >= 11 is 1.22. The molecule has 3 aliphatic heterocycles. The molecule has 0 aliphatic carbocycles. The van der Waals surface area contributed by atoms with Crippen molar-refractivity contribution in [1.82, 2.24) is 30.0 Å². The Kier molecular flexibility index (Phi) is 9.53. The van der Waals surface area contributed by atoms with Crippen LogP contribution in [-0.4, -0.2) is 121 Å². The van der Waals surface area contributed by atoms with Crippen LogP contribution in [0.5, 0.6) is 0 Å². The van der Waals surface area contributed by atoms with Gasteiger partial charge in [-0.3, -0.25) is 0 Å². The number of hydrogen-bond donors (Lipinski definition) is 3. The monoisotopic (exact) mass is 642 g/mol. The van der Waals surface area contributed by atoms with Gasteiger partial charge in [0.1, 0.15) is 41.5 Å². The van der Waals surface area contributed by atoms with E-state index in [1.54, 1.807) is 4.68 Å². The van der Waals surface area contributed by atoms with E-state index in [-0.39, 0.29) is 30.4 Å². The second kappa shape index (κ2) is 13.4. The molecular formula is C27H33F3N6O7S. The highest BCUT2D eigenvalue weighted by atomic mass is 32.2. The topological polar surface area (TPSA) is 159 Å². The summed E-state index contributed by atoms with van der Waals surface area (Å²) in [5, 5.41) is 48.7. The van der Waals surface area contributed by atoms with E-state index in [4.69, 9.17) is 18.9 Å². The van der Waals surface area contributed by atoms with Crippen LogP contribution in [0.15, 0.2) is 24.5 Å². The zero-order chi connectivity index (χ0) is 31.0. The first-order valence-electron chi connectivity index (χ1n) is 14.2. The number of rotatable bonds is 8. The number of halogens is 3. The fourth-order valence-electron chi connectivity index (χ4n) is 5.89. The van der Waals surface area contributed by atoms with Crippen LogP contribution in [0.1, 0.15) is 36.5 Å². The molecule has 0 amide bonds. The van der Waals surface area contributed by atoms with E-state index in [9.17, 15) is 28.5 Å². The molecule has 8 atom stereocenters. The van der Waals surface area contributed by atoms with Crippen molar-refractivity contribution in [2.45, 2.75) is 65.9 Å². The number of methoxy groups -OCH3 is 1.